The summed E-state index contributed by atoms with van der Waals surface area (Å²) in [4.78, 5) is 0. The molecule has 1 aromatic heterocycles. The predicted molar refractivity (Wildman–Crippen MR) is 96.3 cm³/mol. The predicted octanol–water partition coefficient (Wildman–Crippen LogP) is 5.93. The molecule has 0 N–H and O–H groups in total. The standard InChI is InChI=1S/C21H24O2/c1-5-7-15-11-16(6-2)21-17(12-15)13-20(23-21)18-9-8-14(3)10-19(18)22-4/h8-13H,5-7H2,1-4H3. The van der Waals surface area contributed by atoms with Gasteiger partial charge in [-0.1, -0.05) is 32.4 Å². The molecule has 2 nitrogen and oxygen atoms in total. The summed E-state index contributed by atoms with van der Waals surface area (Å²) in [6.07, 6.45) is 3.24. The summed E-state index contributed by atoms with van der Waals surface area (Å²) >= 11 is 0. The highest BCUT2D eigenvalue weighted by Crippen LogP contribution is 2.36. The van der Waals surface area contributed by atoms with Crippen molar-refractivity contribution in [2.24, 2.45) is 0 Å². The van der Waals surface area contributed by atoms with Crippen molar-refractivity contribution in [2.75, 3.05) is 7.11 Å². The van der Waals surface area contributed by atoms with Gasteiger partial charge in [-0.15, -0.1) is 0 Å². The third kappa shape index (κ3) is 2.98. The molecule has 0 spiro atoms. The van der Waals surface area contributed by atoms with Crippen LogP contribution in [0.15, 0.2) is 40.8 Å². The number of hydrogen-bond donors (Lipinski definition) is 0. The van der Waals surface area contributed by atoms with Crippen molar-refractivity contribution in [1.82, 2.24) is 0 Å². The van der Waals surface area contributed by atoms with Crippen LogP contribution in [-0.4, -0.2) is 7.11 Å². The highest BCUT2D eigenvalue weighted by Gasteiger charge is 2.14. The average Bonchev–Trinajstić information content (AvgIpc) is 2.97. The van der Waals surface area contributed by atoms with Crippen molar-refractivity contribution in [1.29, 1.82) is 0 Å². The van der Waals surface area contributed by atoms with Crippen LogP contribution in [0, 0.1) is 6.92 Å². The largest absolute Gasteiger partial charge is 0.496 e. The van der Waals surface area contributed by atoms with E-state index < -0.39 is 0 Å². The fourth-order valence-electron chi connectivity index (χ4n) is 3.12. The molecule has 3 rings (SSSR count). The summed E-state index contributed by atoms with van der Waals surface area (Å²) in [5.41, 5.74) is 5.86. The molecule has 3 aromatic rings. The highest BCUT2D eigenvalue weighted by atomic mass is 16.5. The van der Waals surface area contributed by atoms with Crippen LogP contribution < -0.4 is 4.74 Å². The Bertz CT molecular complexity index is 827. The van der Waals surface area contributed by atoms with E-state index in [1.165, 1.54) is 22.1 Å². The Kier molecular flexibility index (Phi) is 4.42. The molecule has 0 bridgehead atoms. The van der Waals surface area contributed by atoms with E-state index in [9.17, 15) is 0 Å². The first kappa shape index (κ1) is 15.7. The van der Waals surface area contributed by atoms with Crippen LogP contribution in [0.4, 0.5) is 0 Å². The van der Waals surface area contributed by atoms with Crippen molar-refractivity contribution < 1.29 is 9.15 Å². The normalized spacial score (nSPS) is 11.1. The molecule has 2 heteroatoms. The molecule has 0 radical (unpaired) electrons. The molecule has 0 amide bonds. The van der Waals surface area contributed by atoms with E-state index in [2.05, 4.69) is 51.1 Å². The van der Waals surface area contributed by atoms with Crippen molar-refractivity contribution in [2.45, 2.75) is 40.0 Å². The molecule has 0 saturated heterocycles. The minimum Gasteiger partial charge on any atom is -0.496 e. The summed E-state index contributed by atoms with van der Waals surface area (Å²) in [5.74, 6) is 1.73. The average molecular weight is 308 g/mol. The fourth-order valence-corrected chi connectivity index (χ4v) is 3.12. The Labute approximate surface area is 138 Å². The van der Waals surface area contributed by atoms with Gasteiger partial charge in [-0.25, -0.2) is 0 Å². The topological polar surface area (TPSA) is 22.4 Å². The van der Waals surface area contributed by atoms with E-state index in [4.69, 9.17) is 9.15 Å². The van der Waals surface area contributed by atoms with Gasteiger partial charge in [-0.3, -0.25) is 0 Å². The number of methoxy groups -OCH3 is 1. The smallest absolute Gasteiger partial charge is 0.139 e. The minimum absolute atomic E-state index is 0.857. The SMILES string of the molecule is CCCc1cc(CC)c2oc(-c3ccc(C)cc3OC)cc2c1. The van der Waals surface area contributed by atoms with Gasteiger partial charge in [0, 0.05) is 5.39 Å². The monoisotopic (exact) mass is 308 g/mol. The quantitative estimate of drug-likeness (QED) is 0.582. The number of ether oxygens (including phenoxy) is 1. The zero-order valence-corrected chi connectivity index (χ0v) is 14.4. The summed E-state index contributed by atoms with van der Waals surface area (Å²) in [6.45, 7) is 6.46. The number of hydrogen-bond acceptors (Lipinski definition) is 2. The van der Waals surface area contributed by atoms with Gasteiger partial charge in [0.05, 0.1) is 12.7 Å². The molecule has 0 unspecified atom stereocenters. The maximum Gasteiger partial charge on any atom is 0.139 e. The molecule has 0 fully saturated rings. The number of furan rings is 1. The fraction of sp³-hybridized carbons (Fsp3) is 0.333. The van der Waals surface area contributed by atoms with Crippen LogP contribution in [-0.2, 0) is 12.8 Å². The summed E-state index contributed by atoms with van der Waals surface area (Å²) in [7, 11) is 1.71. The van der Waals surface area contributed by atoms with Gasteiger partial charge < -0.3 is 9.15 Å². The second kappa shape index (κ2) is 6.49. The lowest BCUT2D eigenvalue weighted by atomic mass is 10.0. The highest BCUT2D eigenvalue weighted by molar-refractivity contribution is 5.87. The Morgan fingerprint density at radius 1 is 1.04 bits per heavy atom. The van der Waals surface area contributed by atoms with Crippen LogP contribution in [0.25, 0.3) is 22.3 Å². The first-order valence-electron chi connectivity index (χ1n) is 8.36. The molecule has 0 aliphatic carbocycles. The third-order valence-corrected chi connectivity index (χ3v) is 4.30. The summed E-state index contributed by atoms with van der Waals surface area (Å²) in [5, 5.41) is 1.19. The molecule has 1 heterocycles. The number of benzene rings is 2. The van der Waals surface area contributed by atoms with E-state index in [0.29, 0.717) is 0 Å². The van der Waals surface area contributed by atoms with Gasteiger partial charge in [-0.05, 0) is 60.7 Å². The molecule has 0 aliphatic rings. The second-order valence-corrected chi connectivity index (χ2v) is 6.09. The molecule has 2 aromatic carbocycles. The first-order chi connectivity index (χ1) is 11.2. The van der Waals surface area contributed by atoms with Crippen LogP contribution in [0.2, 0.25) is 0 Å². The van der Waals surface area contributed by atoms with E-state index in [0.717, 1.165) is 41.9 Å². The van der Waals surface area contributed by atoms with E-state index in [-0.39, 0.29) is 0 Å². The Morgan fingerprint density at radius 2 is 1.87 bits per heavy atom. The van der Waals surface area contributed by atoms with Gasteiger partial charge in [-0.2, -0.15) is 0 Å². The van der Waals surface area contributed by atoms with Gasteiger partial charge >= 0.3 is 0 Å². The lowest BCUT2D eigenvalue weighted by molar-refractivity contribution is 0.414. The van der Waals surface area contributed by atoms with Gasteiger partial charge in [0.15, 0.2) is 0 Å². The van der Waals surface area contributed by atoms with E-state index in [1.54, 1.807) is 7.11 Å². The molecule has 0 saturated carbocycles. The molecule has 0 aliphatic heterocycles. The second-order valence-electron chi connectivity index (χ2n) is 6.09. The molecule has 120 valence electrons. The Morgan fingerprint density at radius 3 is 2.57 bits per heavy atom. The molecule has 0 atom stereocenters. The lowest BCUT2D eigenvalue weighted by Crippen LogP contribution is -1.88. The third-order valence-electron chi connectivity index (χ3n) is 4.30. The van der Waals surface area contributed by atoms with Crippen molar-refractivity contribution in [3.05, 3.63) is 53.1 Å². The molecule has 23 heavy (non-hydrogen) atoms. The molecular weight excluding hydrogens is 284 g/mol. The van der Waals surface area contributed by atoms with Crippen molar-refractivity contribution in [3.8, 4) is 17.1 Å². The zero-order chi connectivity index (χ0) is 16.4. The van der Waals surface area contributed by atoms with Crippen LogP contribution in [0.1, 0.15) is 37.0 Å². The van der Waals surface area contributed by atoms with Crippen LogP contribution in [0.3, 0.4) is 0 Å². The van der Waals surface area contributed by atoms with E-state index >= 15 is 0 Å². The number of aryl methyl sites for hydroxylation is 3. The van der Waals surface area contributed by atoms with Crippen molar-refractivity contribution in [3.63, 3.8) is 0 Å². The van der Waals surface area contributed by atoms with Gasteiger partial charge in [0.2, 0.25) is 0 Å². The Balaban J connectivity index is 2.16. The Hall–Kier alpha value is -2.22. The number of rotatable bonds is 5. The number of fused-ring (bicyclic) bond motifs is 1. The first-order valence-corrected chi connectivity index (χ1v) is 8.36. The summed E-state index contributed by atoms with van der Waals surface area (Å²) < 4.78 is 11.7. The zero-order valence-electron chi connectivity index (χ0n) is 14.4. The maximum absolute atomic E-state index is 6.21. The minimum atomic E-state index is 0.857. The van der Waals surface area contributed by atoms with Gasteiger partial charge in [0.25, 0.3) is 0 Å². The van der Waals surface area contributed by atoms with Crippen LogP contribution in [0.5, 0.6) is 5.75 Å². The van der Waals surface area contributed by atoms with Crippen LogP contribution >= 0.6 is 0 Å². The summed E-state index contributed by atoms with van der Waals surface area (Å²) in [6, 6.07) is 12.9. The van der Waals surface area contributed by atoms with E-state index in [1.807, 2.05) is 6.07 Å². The van der Waals surface area contributed by atoms with Gasteiger partial charge in [0.1, 0.15) is 17.1 Å². The maximum atomic E-state index is 6.21. The molecular formula is C21H24O2. The van der Waals surface area contributed by atoms with Crippen molar-refractivity contribution >= 4 is 11.0 Å². The lowest BCUT2D eigenvalue weighted by Gasteiger charge is -2.07.